The maximum Gasteiger partial charge on any atom is 0.313 e. The zero-order chi connectivity index (χ0) is 15.3. The van der Waals surface area contributed by atoms with Gasteiger partial charge in [0.1, 0.15) is 0 Å². The summed E-state index contributed by atoms with van der Waals surface area (Å²) in [5.74, 6) is -2.01. The molecule has 110 valence electrons. The van der Waals surface area contributed by atoms with E-state index in [1.165, 1.54) is 13.2 Å². The van der Waals surface area contributed by atoms with Gasteiger partial charge in [-0.2, -0.15) is 0 Å². The molecule has 1 rings (SSSR count). The summed E-state index contributed by atoms with van der Waals surface area (Å²) in [5, 5.41) is 22.0. The Morgan fingerprint density at radius 3 is 2.75 bits per heavy atom. The molecule has 0 bridgehead atoms. The summed E-state index contributed by atoms with van der Waals surface area (Å²) in [4.78, 5) is 20.5. The zero-order valence-electron chi connectivity index (χ0n) is 11.1. The van der Waals surface area contributed by atoms with E-state index in [0.717, 1.165) is 6.07 Å². The number of carboxylic acids is 1. The summed E-state index contributed by atoms with van der Waals surface area (Å²) >= 11 is 0. The quantitative estimate of drug-likeness (QED) is 0.589. The topological polar surface area (TPSA) is 102 Å². The van der Waals surface area contributed by atoms with Crippen molar-refractivity contribution in [3.05, 3.63) is 28.1 Å². The minimum Gasteiger partial charge on any atom is -0.490 e. The molecule has 0 aliphatic carbocycles. The van der Waals surface area contributed by atoms with E-state index in [4.69, 9.17) is 9.84 Å². The molecule has 0 saturated carbocycles. The number of halogens is 1. The van der Waals surface area contributed by atoms with Gasteiger partial charge >= 0.3 is 11.7 Å². The number of nitrogens with zero attached hydrogens (tertiary/aromatic N) is 1. The van der Waals surface area contributed by atoms with Crippen molar-refractivity contribution < 1.29 is 24.0 Å². The number of benzene rings is 1. The molecule has 1 unspecified atom stereocenters. The number of carbonyl (C=O) groups is 1. The molecule has 0 radical (unpaired) electrons. The van der Waals surface area contributed by atoms with Gasteiger partial charge in [-0.3, -0.25) is 14.9 Å². The number of aliphatic carboxylic acids is 1. The molecule has 1 atom stereocenters. The molecule has 0 fully saturated rings. The molecular formula is C12H15FN2O5. The van der Waals surface area contributed by atoms with E-state index in [1.54, 1.807) is 6.92 Å². The second kappa shape index (κ2) is 6.69. The summed E-state index contributed by atoms with van der Waals surface area (Å²) in [6.07, 6.45) is -0.0568. The first kappa shape index (κ1) is 15.7. The molecular weight excluding hydrogens is 271 g/mol. The van der Waals surface area contributed by atoms with Crippen LogP contribution in [-0.2, 0) is 4.79 Å². The Hall–Kier alpha value is -2.38. The molecule has 20 heavy (non-hydrogen) atoms. The van der Waals surface area contributed by atoms with Crippen molar-refractivity contribution in [1.29, 1.82) is 0 Å². The molecule has 0 spiro atoms. The van der Waals surface area contributed by atoms with Gasteiger partial charge in [0.05, 0.1) is 23.8 Å². The number of nitro groups is 1. The summed E-state index contributed by atoms with van der Waals surface area (Å²) in [6, 6.07) is 1.95. The van der Waals surface area contributed by atoms with Crippen LogP contribution in [0.4, 0.5) is 15.8 Å². The van der Waals surface area contributed by atoms with Crippen LogP contribution in [0.3, 0.4) is 0 Å². The first-order chi connectivity index (χ1) is 9.35. The van der Waals surface area contributed by atoms with Crippen LogP contribution in [-0.4, -0.2) is 29.7 Å². The van der Waals surface area contributed by atoms with Gasteiger partial charge in [-0.1, -0.05) is 6.92 Å². The number of carboxylic acid groups (broad SMARTS) is 1. The fraction of sp³-hybridized carbons (Fsp3) is 0.417. The highest BCUT2D eigenvalue weighted by atomic mass is 19.1. The van der Waals surface area contributed by atoms with Gasteiger partial charge in [0.15, 0.2) is 11.6 Å². The van der Waals surface area contributed by atoms with E-state index in [2.05, 4.69) is 5.32 Å². The van der Waals surface area contributed by atoms with Gasteiger partial charge in [0.25, 0.3) is 0 Å². The number of nitro benzene ring substituents is 1. The molecule has 0 aliphatic heterocycles. The Morgan fingerprint density at radius 2 is 2.25 bits per heavy atom. The van der Waals surface area contributed by atoms with Crippen molar-refractivity contribution in [2.75, 3.05) is 19.0 Å². The Bertz CT molecular complexity index is 521. The Kier molecular flexibility index (Phi) is 5.24. The Balaban J connectivity index is 2.86. The highest BCUT2D eigenvalue weighted by molar-refractivity contribution is 5.67. The van der Waals surface area contributed by atoms with Crippen molar-refractivity contribution in [3.63, 3.8) is 0 Å². The molecule has 1 aromatic rings. The van der Waals surface area contributed by atoms with Crippen LogP contribution in [0.2, 0.25) is 0 Å². The lowest BCUT2D eigenvalue weighted by Crippen LogP contribution is -2.15. The van der Waals surface area contributed by atoms with Crippen LogP contribution in [0, 0.1) is 21.8 Å². The van der Waals surface area contributed by atoms with Crippen LogP contribution in [0.5, 0.6) is 5.75 Å². The van der Waals surface area contributed by atoms with Gasteiger partial charge in [-0.25, -0.2) is 4.39 Å². The molecule has 0 heterocycles. The van der Waals surface area contributed by atoms with Gasteiger partial charge in [-0.15, -0.1) is 0 Å². The molecule has 0 saturated heterocycles. The average molecular weight is 286 g/mol. The third kappa shape index (κ3) is 4.08. The summed E-state index contributed by atoms with van der Waals surface area (Å²) < 4.78 is 18.5. The van der Waals surface area contributed by atoms with Crippen molar-refractivity contribution in [2.45, 2.75) is 13.3 Å². The average Bonchev–Trinajstić information content (AvgIpc) is 2.35. The molecule has 2 N–H and O–H groups in total. The van der Waals surface area contributed by atoms with Crippen LogP contribution in [0.25, 0.3) is 0 Å². The van der Waals surface area contributed by atoms with E-state index in [1.807, 2.05) is 0 Å². The van der Waals surface area contributed by atoms with Crippen LogP contribution >= 0.6 is 0 Å². The zero-order valence-corrected chi connectivity index (χ0v) is 11.1. The molecule has 1 aromatic carbocycles. The lowest BCUT2D eigenvalue weighted by molar-refractivity contribution is -0.385. The number of hydrogen-bond acceptors (Lipinski definition) is 5. The minimum absolute atomic E-state index is 0.0321. The standard InChI is InChI=1S/C12H15FN2O5/c1-7(3-12(16)17)6-14-9-5-11(20-2)10(15(18)19)4-8(9)13/h4-5,7,14H,3,6H2,1-2H3,(H,16,17). The third-order valence-electron chi connectivity index (χ3n) is 2.63. The first-order valence-corrected chi connectivity index (χ1v) is 5.82. The fourth-order valence-electron chi connectivity index (χ4n) is 1.64. The smallest absolute Gasteiger partial charge is 0.313 e. The van der Waals surface area contributed by atoms with E-state index in [0.29, 0.717) is 0 Å². The Labute approximate surface area is 114 Å². The summed E-state index contributed by atoms with van der Waals surface area (Å²) in [5.41, 5.74) is -0.432. The van der Waals surface area contributed by atoms with Crippen molar-refractivity contribution in [2.24, 2.45) is 5.92 Å². The number of nitrogens with one attached hydrogen (secondary N) is 1. The maximum absolute atomic E-state index is 13.7. The van der Waals surface area contributed by atoms with Crippen molar-refractivity contribution in [1.82, 2.24) is 0 Å². The van der Waals surface area contributed by atoms with E-state index < -0.39 is 22.4 Å². The SMILES string of the molecule is COc1cc(NCC(C)CC(=O)O)c(F)cc1[N+](=O)[O-]. The number of hydrogen-bond donors (Lipinski definition) is 2. The summed E-state index contributed by atoms with van der Waals surface area (Å²) in [6.45, 7) is 1.92. The van der Waals surface area contributed by atoms with Gasteiger partial charge < -0.3 is 15.2 Å². The van der Waals surface area contributed by atoms with E-state index in [-0.39, 0.29) is 30.3 Å². The number of ether oxygens (including phenoxy) is 1. The van der Waals surface area contributed by atoms with Crippen molar-refractivity contribution >= 4 is 17.3 Å². The fourth-order valence-corrected chi connectivity index (χ4v) is 1.64. The number of anilines is 1. The monoisotopic (exact) mass is 286 g/mol. The highest BCUT2D eigenvalue weighted by Gasteiger charge is 2.19. The first-order valence-electron chi connectivity index (χ1n) is 5.82. The lowest BCUT2D eigenvalue weighted by Gasteiger charge is -2.13. The maximum atomic E-state index is 13.7. The van der Waals surface area contributed by atoms with Crippen molar-refractivity contribution in [3.8, 4) is 5.75 Å². The minimum atomic E-state index is -0.943. The van der Waals surface area contributed by atoms with Crippen LogP contribution in [0.1, 0.15) is 13.3 Å². The molecule has 0 aliphatic rings. The highest BCUT2D eigenvalue weighted by Crippen LogP contribution is 2.32. The van der Waals surface area contributed by atoms with E-state index >= 15 is 0 Å². The third-order valence-corrected chi connectivity index (χ3v) is 2.63. The summed E-state index contributed by atoms with van der Waals surface area (Å²) in [7, 11) is 1.25. The van der Waals surface area contributed by atoms with Crippen LogP contribution < -0.4 is 10.1 Å². The predicted molar refractivity (Wildman–Crippen MR) is 69.5 cm³/mol. The van der Waals surface area contributed by atoms with Gasteiger partial charge in [0, 0.05) is 19.0 Å². The molecule has 7 nitrogen and oxygen atoms in total. The van der Waals surface area contributed by atoms with Gasteiger partial charge in [-0.05, 0) is 5.92 Å². The Morgan fingerprint density at radius 1 is 1.60 bits per heavy atom. The van der Waals surface area contributed by atoms with Gasteiger partial charge in [0.2, 0.25) is 0 Å². The van der Waals surface area contributed by atoms with Crippen LogP contribution in [0.15, 0.2) is 12.1 Å². The largest absolute Gasteiger partial charge is 0.490 e. The molecule has 0 amide bonds. The lowest BCUT2D eigenvalue weighted by atomic mass is 10.1. The van der Waals surface area contributed by atoms with E-state index in [9.17, 15) is 19.3 Å². The molecule has 0 aromatic heterocycles. The molecule has 8 heteroatoms. The second-order valence-electron chi connectivity index (χ2n) is 4.34. The number of rotatable bonds is 7. The normalized spacial score (nSPS) is 11.8. The predicted octanol–water partition coefficient (Wildman–Crippen LogP) is 2.27. The second-order valence-corrected chi connectivity index (χ2v) is 4.34. The number of methoxy groups -OCH3 is 1.